The third-order valence-electron chi connectivity index (χ3n) is 4.91. The zero-order valence-corrected chi connectivity index (χ0v) is 13.4. The predicted octanol–water partition coefficient (Wildman–Crippen LogP) is 4.18. The lowest BCUT2D eigenvalue weighted by Gasteiger charge is -2.22. The van der Waals surface area contributed by atoms with Gasteiger partial charge in [0.05, 0.1) is 17.5 Å². The number of hydrogen-bond donors (Lipinski definition) is 1. The molecule has 4 nitrogen and oxygen atoms in total. The smallest absolute Gasteiger partial charge is 0.305 e. The first-order chi connectivity index (χ1) is 10.6. The van der Waals surface area contributed by atoms with Crippen LogP contribution in [0.25, 0.3) is 11.0 Å². The van der Waals surface area contributed by atoms with E-state index in [0.717, 1.165) is 16.9 Å². The molecule has 1 fully saturated rings. The van der Waals surface area contributed by atoms with Gasteiger partial charge in [0.1, 0.15) is 5.82 Å². The quantitative estimate of drug-likeness (QED) is 0.921. The van der Waals surface area contributed by atoms with Crippen LogP contribution in [0.15, 0.2) is 12.1 Å². The van der Waals surface area contributed by atoms with Gasteiger partial charge in [0.25, 0.3) is 0 Å². The molecule has 1 aliphatic carbocycles. The van der Waals surface area contributed by atoms with E-state index in [1.54, 1.807) is 0 Å². The topological polar surface area (TPSA) is 55.1 Å². The summed E-state index contributed by atoms with van der Waals surface area (Å²) in [6, 6.07) is 4.29. The fourth-order valence-electron chi connectivity index (χ4n) is 3.51. The maximum absolute atomic E-state index is 11.0. The van der Waals surface area contributed by atoms with Crippen LogP contribution in [-0.4, -0.2) is 20.6 Å². The lowest BCUT2D eigenvalue weighted by molar-refractivity contribution is -0.137. The number of hydrogen-bond acceptors (Lipinski definition) is 2. The molecule has 0 aliphatic heterocycles. The molecule has 2 aromatic rings. The summed E-state index contributed by atoms with van der Waals surface area (Å²) in [4.78, 5) is 15.9. The first kappa shape index (κ1) is 15.1. The van der Waals surface area contributed by atoms with Crippen molar-refractivity contribution < 1.29 is 9.90 Å². The molecule has 1 aromatic carbocycles. The Bertz CT molecular complexity index is 697. The van der Waals surface area contributed by atoms with Gasteiger partial charge in [-0.15, -0.1) is 0 Å². The summed E-state index contributed by atoms with van der Waals surface area (Å²) in [5.41, 5.74) is 4.57. The van der Waals surface area contributed by atoms with Crippen LogP contribution >= 0.6 is 0 Å². The van der Waals surface area contributed by atoms with Crippen LogP contribution in [0.4, 0.5) is 0 Å². The Labute approximate surface area is 131 Å². The summed E-state index contributed by atoms with van der Waals surface area (Å²) < 4.78 is 2.16. The number of nitrogens with zero attached hydrogens (tertiary/aromatic N) is 2. The van der Waals surface area contributed by atoms with Crippen LogP contribution in [0.3, 0.4) is 0 Å². The van der Waals surface area contributed by atoms with Crippen molar-refractivity contribution >= 4 is 17.0 Å². The summed E-state index contributed by atoms with van der Waals surface area (Å²) in [6.07, 6.45) is 6.32. The minimum Gasteiger partial charge on any atom is -0.481 e. The zero-order chi connectivity index (χ0) is 15.7. The lowest BCUT2D eigenvalue weighted by atomic mass is 9.88. The largest absolute Gasteiger partial charge is 0.481 e. The van der Waals surface area contributed by atoms with Gasteiger partial charge in [0.2, 0.25) is 0 Å². The molecule has 0 saturated heterocycles. The number of carboxylic acid groups (broad SMARTS) is 1. The predicted molar refractivity (Wildman–Crippen MR) is 87.3 cm³/mol. The Morgan fingerprint density at radius 2 is 1.91 bits per heavy atom. The van der Waals surface area contributed by atoms with Gasteiger partial charge in [0, 0.05) is 12.5 Å². The van der Waals surface area contributed by atoms with E-state index in [2.05, 4.69) is 30.5 Å². The standard InChI is InChI=1S/C18H24N2O2/c1-12-10-15-16(11-13(12)2)20(9-8-17(21)22)18(19-15)14-6-4-3-5-7-14/h10-11,14H,3-9H2,1-2H3,(H,21,22). The van der Waals surface area contributed by atoms with Gasteiger partial charge in [-0.1, -0.05) is 19.3 Å². The van der Waals surface area contributed by atoms with E-state index in [9.17, 15) is 4.79 Å². The molecule has 0 radical (unpaired) electrons. The third-order valence-corrected chi connectivity index (χ3v) is 4.91. The highest BCUT2D eigenvalue weighted by atomic mass is 16.4. The Hall–Kier alpha value is -1.84. The summed E-state index contributed by atoms with van der Waals surface area (Å²) in [5.74, 6) is 0.830. The Morgan fingerprint density at radius 1 is 1.23 bits per heavy atom. The van der Waals surface area contributed by atoms with Gasteiger partial charge in [-0.3, -0.25) is 4.79 Å². The Morgan fingerprint density at radius 3 is 2.59 bits per heavy atom. The molecule has 0 atom stereocenters. The SMILES string of the molecule is Cc1cc2nc(C3CCCCC3)n(CCC(=O)O)c2cc1C. The van der Waals surface area contributed by atoms with Crippen LogP contribution in [0.1, 0.15) is 61.4 Å². The summed E-state index contributed by atoms with van der Waals surface area (Å²) in [7, 11) is 0. The molecule has 1 heterocycles. The molecule has 1 aliphatic rings. The number of benzene rings is 1. The fraction of sp³-hybridized carbons (Fsp3) is 0.556. The van der Waals surface area contributed by atoms with Crippen LogP contribution in [0.5, 0.6) is 0 Å². The summed E-state index contributed by atoms with van der Waals surface area (Å²) in [6.45, 7) is 4.72. The first-order valence-electron chi connectivity index (χ1n) is 8.25. The van der Waals surface area contributed by atoms with Gasteiger partial charge in [-0.25, -0.2) is 4.98 Å². The highest BCUT2D eigenvalue weighted by Gasteiger charge is 2.23. The minimum atomic E-state index is -0.750. The Kier molecular flexibility index (Phi) is 4.19. The van der Waals surface area contributed by atoms with E-state index in [-0.39, 0.29) is 6.42 Å². The number of imidazole rings is 1. The number of aliphatic carboxylic acids is 1. The molecule has 0 spiro atoms. The van der Waals surface area contributed by atoms with Crippen LogP contribution in [0.2, 0.25) is 0 Å². The second-order valence-electron chi connectivity index (χ2n) is 6.53. The molecule has 22 heavy (non-hydrogen) atoms. The monoisotopic (exact) mass is 300 g/mol. The van der Waals surface area contributed by atoms with Crippen molar-refractivity contribution in [2.75, 3.05) is 0 Å². The van der Waals surface area contributed by atoms with Crippen molar-refractivity contribution in [3.8, 4) is 0 Å². The second kappa shape index (κ2) is 6.11. The molecule has 0 bridgehead atoms. The van der Waals surface area contributed by atoms with E-state index in [4.69, 9.17) is 10.1 Å². The van der Waals surface area contributed by atoms with Crippen LogP contribution < -0.4 is 0 Å². The normalized spacial score (nSPS) is 16.3. The summed E-state index contributed by atoms with van der Waals surface area (Å²) >= 11 is 0. The molecule has 4 heteroatoms. The molecular weight excluding hydrogens is 276 g/mol. The average Bonchev–Trinajstić information content (AvgIpc) is 2.84. The molecule has 0 unspecified atom stereocenters. The highest BCUT2D eigenvalue weighted by Crippen LogP contribution is 2.34. The molecular formula is C18H24N2O2. The fourth-order valence-corrected chi connectivity index (χ4v) is 3.51. The van der Waals surface area contributed by atoms with Crippen molar-refractivity contribution in [2.45, 2.75) is 64.8 Å². The van der Waals surface area contributed by atoms with Gasteiger partial charge in [-0.2, -0.15) is 0 Å². The maximum atomic E-state index is 11.0. The van der Waals surface area contributed by atoms with Gasteiger partial charge < -0.3 is 9.67 Å². The number of rotatable bonds is 4. The van der Waals surface area contributed by atoms with E-state index < -0.39 is 5.97 Å². The van der Waals surface area contributed by atoms with E-state index in [0.29, 0.717) is 12.5 Å². The highest BCUT2D eigenvalue weighted by molar-refractivity contribution is 5.78. The molecule has 1 saturated carbocycles. The molecule has 0 amide bonds. The maximum Gasteiger partial charge on any atom is 0.305 e. The van der Waals surface area contributed by atoms with Gasteiger partial charge in [0.15, 0.2) is 0 Å². The molecule has 1 N–H and O–H groups in total. The van der Waals surface area contributed by atoms with Crippen LogP contribution in [-0.2, 0) is 11.3 Å². The van der Waals surface area contributed by atoms with Crippen molar-refractivity contribution in [2.24, 2.45) is 0 Å². The number of aryl methyl sites for hydroxylation is 3. The third kappa shape index (κ3) is 2.87. The molecule has 1 aromatic heterocycles. The number of fused-ring (bicyclic) bond motifs is 1. The number of carbonyl (C=O) groups is 1. The average molecular weight is 300 g/mol. The van der Waals surface area contributed by atoms with Gasteiger partial charge >= 0.3 is 5.97 Å². The van der Waals surface area contributed by atoms with Crippen molar-refractivity contribution in [1.29, 1.82) is 0 Å². The van der Waals surface area contributed by atoms with Crippen molar-refractivity contribution in [3.05, 3.63) is 29.1 Å². The lowest BCUT2D eigenvalue weighted by Crippen LogP contribution is -2.14. The summed E-state index contributed by atoms with van der Waals surface area (Å²) in [5, 5.41) is 9.05. The second-order valence-corrected chi connectivity index (χ2v) is 6.53. The number of carboxylic acids is 1. The van der Waals surface area contributed by atoms with E-state index in [1.807, 2.05) is 0 Å². The molecule has 118 valence electrons. The van der Waals surface area contributed by atoms with Crippen molar-refractivity contribution in [1.82, 2.24) is 9.55 Å². The van der Waals surface area contributed by atoms with E-state index in [1.165, 1.54) is 43.2 Å². The van der Waals surface area contributed by atoms with Crippen molar-refractivity contribution in [3.63, 3.8) is 0 Å². The minimum absolute atomic E-state index is 0.151. The van der Waals surface area contributed by atoms with Gasteiger partial charge in [-0.05, 0) is 49.9 Å². The van der Waals surface area contributed by atoms with Crippen LogP contribution in [0, 0.1) is 13.8 Å². The Balaban J connectivity index is 2.07. The van der Waals surface area contributed by atoms with E-state index >= 15 is 0 Å². The number of aromatic nitrogens is 2. The zero-order valence-electron chi connectivity index (χ0n) is 13.4. The first-order valence-corrected chi connectivity index (χ1v) is 8.25. The molecule has 3 rings (SSSR count).